The Kier molecular flexibility index (Phi) is 4.50. The number of nitrogens with zero attached hydrogens (tertiary/aromatic N) is 2. The van der Waals surface area contributed by atoms with E-state index in [1.54, 1.807) is 0 Å². The lowest BCUT2D eigenvalue weighted by Crippen LogP contribution is -2.51. The molecule has 1 aliphatic heterocycles. The molecule has 1 aromatic carbocycles. The third-order valence-corrected chi connectivity index (χ3v) is 5.15. The lowest BCUT2D eigenvalue weighted by molar-refractivity contribution is -0.166. The Morgan fingerprint density at radius 3 is 2.71 bits per heavy atom. The molecule has 1 aliphatic carbocycles. The summed E-state index contributed by atoms with van der Waals surface area (Å²) in [5.41, 5.74) is 3.47. The molecule has 2 aliphatic rings. The largest absolute Gasteiger partial charge is 0.476 e. The number of carbonyl (C=O) groups excluding carboxylic acids is 1. The lowest BCUT2D eigenvalue weighted by Gasteiger charge is -2.39. The highest BCUT2D eigenvalue weighted by molar-refractivity contribution is 5.89. The van der Waals surface area contributed by atoms with E-state index in [9.17, 15) is 14.7 Å². The summed E-state index contributed by atoms with van der Waals surface area (Å²) in [5.74, 6) is -0.661. The van der Waals surface area contributed by atoms with Crippen LogP contribution in [0, 0.1) is 5.92 Å². The summed E-state index contributed by atoms with van der Waals surface area (Å²) in [7, 11) is 0. The molecule has 0 radical (unpaired) electrons. The number of aryl methyl sites for hydroxylation is 1. The summed E-state index contributed by atoms with van der Waals surface area (Å²) in [6.07, 6.45) is 1.37. The van der Waals surface area contributed by atoms with Crippen LogP contribution in [0.4, 0.5) is 0 Å². The minimum absolute atomic E-state index is 0.0125. The molecule has 0 bridgehead atoms. The molecule has 7 heteroatoms. The van der Waals surface area contributed by atoms with Crippen molar-refractivity contribution in [3.05, 3.63) is 40.6 Å². The molecule has 0 saturated carbocycles. The van der Waals surface area contributed by atoms with Gasteiger partial charge >= 0.3 is 11.9 Å². The number of likely N-dealkylation sites (tertiary alicyclic amines) is 1. The van der Waals surface area contributed by atoms with Crippen LogP contribution >= 0.6 is 0 Å². The first-order valence-electron chi connectivity index (χ1n) is 9.50. The first-order valence-corrected chi connectivity index (χ1v) is 9.50. The number of aromatic nitrogens is 1. The molecule has 2 aromatic rings. The van der Waals surface area contributed by atoms with Crippen LogP contribution < -0.4 is 0 Å². The van der Waals surface area contributed by atoms with E-state index in [1.165, 1.54) is 5.56 Å². The van der Waals surface area contributed by atoms with E-state index >= 15 is 0 Å². The predicted octanol–water partition coefficient (Wildman–Crippen LogP) is 2.91. The highest BCUT2D eigenvalue weighted by Crippen LogP contribution is 2.36. The summed E-state index contributed by atoms with van der Waals surface area (Å²) in [6, 6.07) is 6.14. The number of esters is 1. The lowest BCUT2D eigenvalue weighted by atomic mass is 9.88. The number of hydrogen-bond acceptors (Lipinski definition) is 6. The van der Waals surface area contributed by atoms with Crippen LogP contribution in [0.5, 0.6) is 0 Å². The smallest absolute Gasteiger partial charge is 0.358 e. The summed E-state index contributed by atoms with van der Waals surface area (Å²) < 4.78 is 10.8. The van der Waals surface area contributed by atoms with Crippen LogP contribution in [0.3, 0.4) is 0 Å². The number of carbonyl (C=O) groups is 2. The number of rotatable bonds is 4. The van der Waals surface area contributed by atoms with Crippen molar-refractivity contribution in [3.63, 3.8) is 0 Å². The van der Waals surface area contributed by atoms with Gasteiger partial charge in [-0.15, -0.1) is 0 Å². The first kappa shape index (κ1) is 18.7. The van der Waals surface area contributed by atoms with Gasteiger partial charge in [0.05, 0.1) is 5.92 Å². The third kappa shape index (κ3) is 3.54. The molecule has 1 aromatic heterocycles. The van der Waals surface area contributed by atoms with E-state index in [0.717, 1.165) is 24.1 Å². The molecular weight excluding hydrogens is 360 g/mol. The fraction of sp³-hybridized carbons (Fsp3) is 0.476. The highest BCUT2D eigenvalue weighted by Gasteiger charge is 2.35. The Labute approximate surface area is 163 Å². The van der Waals surface area contributed by atoms with E-state index in [2.05, 4.69) is 16.1 Å². The first-order chi connectivity index (χ1) is 13.2. The SMILES string of the molecule is CC(C)(C)OC(=O)C1CN(Cc2ccc3c(c2)CCc2c(C(=O)O)noc2-3)C1. The van der Waals surface area contributed by atoms with Gasteiger partial charge in [0, 0.05) is 30.8 Å². The van der Waals surface area contributed by atoms with Crippen molar-refractivity contribution < 1.29 is 24.0 Å². The van der Waals surface area contributed by atoms with Crippen LogP contribution in [-0.4, -0.2) is 45.8 Å². The molecule has 1 N–H and O–H groups in total. The summed E-state index contributed by atoms with van der Waals surface area (Å²) in [4.78, 5) is 25.6. The van der Waals surface area contributed by atoms with E-state index in [0.29, 0.717) is 30.8 Å². The minimum atomic E-state index is -1.05. The van der Waals surface area contributed by atoms with Gasteiger partial charge in [-0.1, -0.05) is 23.4 Å². The molecular formula is C21H24N2O5. The maximum Gasteiger partial charge on any atom is 0.358 e. The van der Waals surface area contributed by atoms with Gasteiger partial charge < -0.3 is 14.4 Å². The molecule has 148 valence electrons. The Hall–Kier alpha value is -2.67. The fourth-order valence-corrected chi connectivity index (χ4v) is 3.85. The maximum atomic E-state index is 12.1. The zero-order chi connectivity index (χ0) is 20.1. The normalized spacial score (nSPS) is 16.8. The number of ether oxygens (including phenoxy) is 1. The Balaban J connectivity index is 1.41. The van der Waals surface area contributed by atoms with Gasteiger partial charge in [0.15, 0.2) is 11.5 Å². The van der Waals surface area contributed by atoms with Crippen LogP contribution in [0.25, 0.3) is 11.3 Å². The van der Waals surface area contributed by atoms with Crippen LogP contribution in [0.1, 0.15) is 48.0 Å². The number of carboxylic acids is 1. The van der Waals surface area contributed by atoms with Gasteiger partial charge in [-0.2, -0.15) is 0 Å². The molecule has 7 nitrogen and oxygen atoms in total. The second kappa shape index (κ2) is 6.74. The average Bonchev–Trinajstić information content (AvgIpc) is 3.00. The minimum Gasteiger partial charge on any atom is -0.476 e. The molecule has 1 fully saturated rings. The van der Waals surface area contributed by atoms with Gasteiger partial charge in [-0.3, -0.25) is 9.69 Å². The van der Waals surface area contributed by atoms with Gasteiger partial charge in [-0.25, -0.2) is 4.79 Å². The van der Waals surface area contributed by atoms with Gasteiger partial charge in [0.2, 0.25) is 0 Å². The van der Waals surface area contributed by atoms with Crippen molar-refractivity contribution in [2.24, 2.45) is 5.92 Å². The zero-order valence-corrected chi connectivity index (χ0v) is 16.3. The monoisotopic (exact) mass is 384 g/mol. The van der Waals surface area contributed by atoms with E-state index in [1.807, 2.05) is 32.9 Å². The molecule has 4 rings (SSSR count). The molecule has 28 heavy (non-hydrogen) atoms. The van der Waals surface area contributed by atoms with Gasteiger partial charge in [0.1, 0.15) is 5.60 Å². The second-order valence-corrected chi connectivity index (χ2v) is 8.56. The van der Waals surface area contributed by atoms with Crippen molar-refractivity contribution in [1.29, 1.82) is 0 Å². The standard InChI is InChI=1S/C21H24N2O5/c1-21(2,3)27-20(26)14-10-23(11-14)9-12-4-6-15-13(8-12)5-7-16-17(19(24)25)22-28-18(15)16/h4,6,8,14H,5,7,9-11H2,1-3H3,(H,24,25). The summed E-state index contributed by atoms with van der Waals surface area (Å²) in [6.45, 7) is 7.84. The number of aromatic carboxylic acids is 1. The van der Waals surface area contributed by atoms with Crippen molar-refractivity contribution in [2.45, 2.75) is 45.8 Å². The number of fused-ring (bicyclic) bond motifs is 3. The molecule has 0 unspecified atom stereocenters. The van der Waals surface area contributed by atoms with Crippen LogP contribution in [-0.2, 0) is 28.9 Å². The Morgan fingerprint density at radius 2 is 2.04 bits per heavy atom. The Morgan fingerprint density at radius 1 is 1.29 bits per heavy atom. The zero-order valence-electron chi connectivity index (χ0n) is 16.3. The van der Waals surface area contributed by atoms with Crippen LogP contribution in [0.15, 0.2) is 22.7 Å². The molecule has 0 spiro atoms. The topological polar surface area (TPSA) is 92.9 Å². The average molecular weight is 384 g/mol. The molecule has 0 amide bonds. The van der Waals surface area contributed by atoms with Crippen molar-refractivity contribution >= 4 is 11.9 Å². The van der Waals surface area contributed by atoms with Crippen molar-refractivity contribution in [1.82, 2.24) is 10.1 Å². The second-order valence-electron chi connectivity index (χ2n) is 8.56. The summed E-state index contributed by atoms with van der Waals surface area (Å²) >= 11 is 0. The number of carboxylic acid groups (broad SMARTS) is 1. The molecule has 2 heterocycles. The van der Waals surface area contributed by atoms with E-state index in [4.69, 9.17) is 9.26 Å². The van der Waals surface area contributed by atoms with Gasteiger partial charge in [0.25, 0.3) is 0 Å². The van der Waals surface area contributed by atoms with Gasteiger partial charge in [-0.05, 0) is 44.7 Å². The van der Waals surface area contributed by atoms with Crippen molar-refractivity contribution in [3.8, 4) is 11.3 Å². The molecule has 1 saturated heterocycles. The number of benzene rings is 1. The Bertz CT molecular complexity index is 935. The van der Waals surface area contributed by atoms with E-state index < -0.39 is 11.6 Å². The highest BCUT2D eigenvalue weighted by atomic mass is 16.6. The number of hydrogen-bond donors (Lipinski definition) is 1. The molecule has 0 atom stereocenters. The quantitative estimate of drug-likeness (QED) is 0.810. The third-order valence-electron chi connectivity index (χ3n) is 5.15. The van der Waals surface area contributed by atoms with E-state index in [-0.39, 0.29) is 17.6 Å². The van der Waals surface area contributed by atoms with Crippen LogP contribution in [0.2, 0.25) is 0 Å². The summed E-state index contributed by atoms with van der Waals surface area (Å²) in [5, 5.41) is 12.9. The predicted molar refractivity (Wildman–Crippen MR) is 101 cm³/mol. The van der Waals surface area contributed by atoms with Crippen molar-refractivity contribution in [2.75, 3.05) is 13.1 Å². The fourth-order valence-electron chi connectivity index (χ4n) is 3.85. The maximum absolute atomic E-state index is 12.1.